The number of aryl methyl sites for hydroxylation is 1. The fraction of sp³-hybridized carbons (Fsp3) is 0.750. The minimum atomic E-state index is 0. The molecular formula is C16H29IN4O2S. The van der Waals surface area contributed by atoms with Gasteiger partial charge in [0.05, 0.1) is 19.8 Å². The van der Waals surface area contributed by atoms with E-state index in [0.717, 1.165) is 63.2 Å². The predicted octanol–water partition coefficient (Wildman–Crippen LogP) is 2.43. The zero-order valence-electron chi connectivity index (χ0n) is 14.5. The Balaban J connectivity index is 0.00000288. The van der Waals surface area contributed by atoms with Gasteiger partial charge in [0.25, 0.3) is 0 Å². The number of ether oxygens (including phenoxy) is 2. The van der Waals surface area contributed by atoms with Gasteiger partial charge in [-0.25, -0.2) is 4.98 Å². The number of hydrogen-bond acceptors (Lipinski definition) is 5. The summed E-state index contributed by atoms with van der Waals surface area (Å²) in [4.78, 5) is 9.93. The molecule has 1 aliphatic rings. The first-order chi connectivity index (χ1) is 11.3. The first-order valence-electron chi connectivity index (χ1n) is 8.35. The molecule has 0 spiro atoms. The Hall–Kier alpha value is -0.450. The molecule has 2 heterocycles. The topological polar surface area (TPSA) is 67.8 Å². The molecule has 1 saturated heterocycles. The number of hydrogen-bond donors (Lipinski definition) is 2. The van der Waals surface area contributed by atoms with Crippen LogP contribution in [0.2, 0.25) is 0 Å². The van der Waals surface area contributed by atoms with Crippen LogP contribution in [-0.2, 0) is 22.4 Å². The number of thiazole rings is 1. The van der Waals surface area contributed by atoms with Crippen LogP contribution < -0.4 is 10.6 Å². The fourth-order valence-corrected chi connectivity index (χ4v) is 3.12. The summed E-state index contributed by atoms with van der Waals surface area (Å²) in [5, 5.41) is 7.68. The molecule has 1 aromatic heterocycles. The van der Waals surface area contributed by atoms with Crippen LogP contribution in [0.5, 0.6) is 0 Å². The zero-order valence-corrected chi connectivity index (χ0v) is 17.7. The molecule has 6 nitrogen and oxygen atoms in total. The Labute approximate surface area is 165 Å². The highest BCUT2D eigenvalue weighted by Gasteiger charge is 2.15. The molecular weight excluding hydrogens is 439 g/mol. The first-order valence-corrected chi connectivity index (χ1v) is 9.17. The molecule has 1 aliphatic heterocycles. The highest BCUT2D eigenvalue weighted by Crippen LogP contribution is 2.13. The lowest BCUT2D eigenvalue weighted by Gasteiger charge is -2.12. The SMILES string of the molecule is CCc1cnc(CNC(=NC)NCCCOCC2CCOC2)s1.I. The Morgan fingerprint density at radius 1 is 1.50 bits per heavy atom. The second-order valence-electron chi connectivity index (χ2n) is 5.58. The van der Waals surface area contributed by atoms with E-state index in [4.69, 9.17) is 9.47 Å². The molecule has 138 valence electrons. The van der Waals surface area contributed by atoms with E-state index < -0.39 is 0 Å². The number of guanidine groups is 1. The third kappa shape index (κ3) is 8.09. The lowest BCUT2D eigenvalue weighted by atomic mass is 10.1. The minimum absolute atomic E-state index is 0. The summed E-state index contributed by atoms with van der Waals surface area (Å²) in [7, 11) is 1.78. The molecule has 1 unspecified atom stereocenters. The average molecular weight is 468 g/mol. The quantitative estimate of drug-likeness (QED) is 0.252. The van der Waals surface area contributed by atoms with Gasteiger partial charge in [0.2, 0.25) is 0 Å². The molecule has 1 fully saturated rings. The van der Waals surface area contributed by atoms with Crippen LogP contribution in [-0.4, -0.2) is 51.0 Å². The molecule has 2 N–H and O–H groups in total. The van der Waals surface area contributed by atoms with Crippen LogP contribution in [0.25, 0.3) is 0 Å². The number of aliphatic imine (C=N–C) groups is 1. The molecule has 0 radical (unpaired) electrons. The molecule has 0 bridgehead atoms. The maximum Gasteiger partial charge on any atom is 0.191 e. The van der Waals surface area contributed by atoms with Crippen molar-refractivity contribution in [1.82, 2.24) is 15.6 Å². The van der Waals surface area contributed by atoms with Crippen LogP contribution in [0.3, 0.4) is 0 Å². The van der Waals surface area contributed by atoms with Gasteiger partial charge < -0.3 is 20.1 Å². The second-order valence-corrected chi connectivity index (χ2v) is 6.78. The smallest absolute Gasteiger partial charge is 0.191 e. The third-order valence-electron chi connectivity index (χ3n) is 3.72. The Morgan fingerprint density at radius 3 is 3.04 bits per heavy atom. The highest BCUT2D eigenvalue weighted by molar-refractivity contribution is 14.0. The molecule has 0 aliphatic carbocycles. The summed E-state index contributed by atoms with van der Waals surface area (Å²) in [6, 6.07) is 0. The summed E-state index contributed by atoms with van der Waals surface area (Å²) in [5.41, 5.74) is 0. The van der Waals surface area contributed by atoms with E-state index >= 15 is 0 Å². The normalized spacial score (nSPS) is 17.6. The van der Waals surface area contributed by atoms with Crippen molar-refractivity contribution < 1.29 is 9.47 Å². The van der Waals surface area contributed by atoms with Gasteiger partial charge in [-0.2, -0.15) is 0 Å². The molecule has 0 amide bonds. The van der Waals surface area contributed by atoms with E-state index in [1.165, 1.54) is 4.88 Å². The van der Waals surface area contributed by atoms with Gasteiger partial charge in [0.15, 0.2) is 5.96 Å². The van der Waals surface area contributed by atoms with Crippen LogP contribution in [0.4, 0.5) is 0 Å². The summed E-state index contributed by atoms with van der Waals surface area (Å²) in [6.07, 6.45) is 5.08. The van der Waals surface area contributed by atoms with Crippen LogP contribution in [0, 0.1) is 5.92 Å². The molecule has 24 heavy (non-hydrogen) atoms. The summed E-state index contributed by atoms with van der Waals surface area (Å²) in [5.74, 6) is 1.39. The summed E-state index contributed by atoms with van der Waals surface area (Å²) < 4.78 is 11.0. The van der Waals surface area contributed by atoms with Crippen LogP contribution in [0.15, 0.2) is 11.2 Å². The maximum atomic E-state index is 5.69. The van der Waals surface area contributed by atoms with E-state index in [-0.39, 0.29) is 24.0 Å². The van der Waals surface area contributed by atoms with Crippen LogP contribution in [0.1, 0.15) is 29.7 Å². The summed E-state index contributed by atoms with van der Waals surface area (Å²) in [6.45, 7) is 7.03. The third-order valence-corrected chi connectivity index (χ3v) is 4.86. The van der Waals surface area contributed by atoms with E-state index in [0.29, 0.717) is 12.5 Å². The maximum absolute atomic E-state index is 5.69. The number of aromatic nitrogens is 1. The van der Waals surface area contributed by atoms with Crippen molar-refractivity contribution >= 4 is 41.3 Å². The Kier molecular flexibility index (Phi) is 11.6. The van der Waals surface area contributed by atoms with Crippen molar-refractivity contribution in [2.75, 3.05) is 40.0 Å². The first kappa shape index (κ1) is 21.6. The second kappa shape index (κ2) is 12.8. The van der Waals surface area contributed by atoms with Crippen molar-refractivity contribution in [3.05, 3.63) is 16.1 Å². The van der Waals surface area contributed by atoms with E-state index in [1.807, 2.05) is 6.20 Å². The van der Waals surface area contributed by atoms with Gasteiger partial charge in [0.1, 0.15) is 5.01 Å². The van der Waals surface area contributed by atoms with Gasteiger partial charge in [-0.1, -0.05) is 6.92 Å². The van der Waals surface area contributed by atoms with Gasteiger partial charge in [-0.3, -0.25) is 4.99 Å². The number of halogens is 1. The van der Waals surface area contributed by atoms with Gasteiger partial charge in [-0.15, -0.1) is 35.3 Å². The fourth-order valence-electron chi connectivity index (χ4n) is 2.32. The molecule has 0 aromatic carbocycles. The molecule has 2 rings (SSSR count). The largest absolute Gasteiger partial charge is 0.381 e. The summed E-state index contributed by atoms with van der Waals surface area (Å²) >= 11 is 1.75. The van der Waals surface area contributed by atoms with Crippen molar-refractivity contribution in [2.45, 2.75) is 32.7 Å². The van der Waals surface area contributed by atoms with Gasteiger partial charge in [0, 0.05) is 43.8 Å². The lowest BCUT2D eigenvalue weighted by Crippen LogP contribution is -2.37. The Morgan fingerprint density at radius 2 is 2.38 bits per heavy atom. The zero-order chi connectivity index (χ0) is 16.3. The lowest BCUT2D eigenvalue weighted by molar-refractivity contribution is 0.0888. The molecule has 1 aromatic rings. The Bertz CT molecular complexity index is 478. The van der Waals surface area contributed by atoms with Crippen molar-refractivity contribution in [3.63, 3.8) is 0 Å². The van der Waals surface area contributed by atoms with Crippen LogP contribution >= 0.6 is 35.3 Å². The van der Waals surface area contributed by atoms with E-state index in [2.05, 4.69) is 27.5 Å². The number of rotatable bonds is 9. The van der Waals surface area contributed by atoms with E-state index in [1.54, 1.807) is 18.4 Å². The predicted molar refractivity (Wildman–Crippen MR) is 109 cm³/mol. The monoisotopic (exact) mass is 468 g/mol. The van der Waals surface area contributed by atoms with Gasteiger partial charge in [-0.05, 0) is 19.3 Å². The number of nitrogens with one attached hydrogen (secondary N) is 2. The average Bonchev–Trinajstić information content (AvgIpc) is 3.25. The van der Waals surface area contributed by atoms with Crippen molar-refractivity contribution in [3.8, 4) is 0 Å². The molecule has 0 saturated carbocycles. The standard InChI is InChI=1S/C16H28N4O2S.HI/c1-3-14-9-19-15(23-14)10-20-16(17-2)18-6-4-7-21-11-13-5-8-22-12-13;/h9,13H,3-8,10-12H2,1-2H3,(H2,17,18,20);1H. The van der Waals surface area contributed by atoms with Crippen molar-refractivity contribution in [2.24, 2.45) is 10.9 Å². The van der Waals surface area contributed by atoms with Gasteiger partial charge >= 0.3 is 0 Å². The minimum Gasteiger partial charge on any atom is -0.381 e. The highest BCUT2D eigenvalue weighted by atomic mass is 127. The van der Waals surface area contributed by atoms with E-state index in [9.17, 15) is 0 Å². The molecule has 8 heteroatoms. The van der Waals surface area contributed by atoms with Crippen molar-refractivity contribution in [1.29, 1.82) is 0 Å². The molecule has 1 atom stereocenters. The number of nitrogens with zero attached hydrogens (tertiary/aromatic N) is 2.